The fraction of sp³-hybridized carbons (Fsp3) is 0.0870. The van der Waals surface area contributed by atoms with Crippen molar-refractivity contribution < 1.29 is 9.85 Å². The van der Waals surface area contributed by atoms with Gasteiger partial charge in [0.2, 0.25) is 0 Å². The summed E-state index contributed by atoms with van der Waals surface area (Å²) in [5, 5.41) is 27.3. The minimum absolute atomic E-state index is 0.0699. The Morgan fingerprint density at radius 2 is 1.75 bits per heavy atom. The van der Waals surface area contributed by atoms with Gasteiger partial charge < -0.3 is 4.57 Å². The maximum atomic E-state index is 11.3. The van der Waals surface area contributed by atoms with Crippen molar-refractivity contribution in [3.05, 3.63) is 110 Å². The Hall–Kier alpha value is -4.53. The van der Waals surface area contributed by atoms with Crippen molar-refractivity contribution in [2.45, 2.75) is 13.5 Å². The van der Waals surface area contributed by atoms with Crippen LogP contribution in [0.1, 0.15) is 16.7 Å². The molecule has 4 aromatic rings. The topological polar surface area (TPSA) is 116 Å². The normalized spacial score (nSPS) is 11.2. The second kappa shape index (κ2) is 8.68. The molecule has 0 atom stereocenters. The maximum absolute atomic E-state index is 11.3. The quantitative estimate of drug-likeness (QED) is 0.244. The van der Waals surface area contributed by atoms with Crippen LogP contribution in [0.3, 0.4) is 0 Å². The third-order valence-corrected chi connectivity index (χ3v) is 5.20. The highest BCUT2D eigenvalue weighted by molar-refractivity contribution is 5.99. The first-order chi connectivity index (χ1) is 15.4. The van der Waals surface area contributed by atoms with Crippen LogP contribution in [-0.2, 0) is 6.54 Å². The SMILES string of the molecule is Cc1ccccc1Cn1cc(/C=N\Nc2ccc([N+](=O)[O-])cc2[N+](=O)[O-])c2ccccc21. The first-order valence-electron chi connectivity index (χ1n) is 9.78. The van der Waals surface area contributed by atoms with Gasteiger partial charge in [-0.1, -0.05) is 42.5 Å². The number of nitrogens with one attached hydrogen (secondary N) is 1. The van der Waals surface area contributed by atoms with Gasteiger partial charge in [0.05, 0.1) is 22.1 Å². The minimum atomic E-state index is -0.682. The molecule has 0 spiro atoms. The number of hydrogen-bond acceptors (Lipinski definition) is 6. The van der Waals surface area contributed by atoms with Crippen LogP contribution in [-0.4, -0.2) is 20.6 Å². The molecule has 0 fully saturated rings. The van der Waals surface area contributed by atoms with Crippen molar-refractivity contribution >= 4 is 34.2 Å². The molecule has 0 aliphatic rings. The van der Waals surface area contributed by atoms with E-state index in [2.05, 4.69) is 34.2 Å². The Morgan fingerprint density at radius 3 is 2.50 bits per heavy atom. The van der Waals surface area contributed by atoms with Crippen LogP contribution >= 0.6 is 0 Å². The summed E-state index contributed by atoms with van der Waals surface area (Å²) >= 11 is 0. The van der Waals surface area contributed by atoms with E-state index in [1.807, 2.05) is 42.6 Å². The smallest absolute Gasteiger partial charge is 0.301 e. The van der Waals surface area contributed by atoms with Gasteiger partial charge in [0.15, 0.2) is 0 Å². The van der Waals surface area contributed by atoms with Crippen LogP contribution in [0, 0.1) is 27.2 Å². The van der Waals surface area contributed by atoms with E-state index in [1.54, 1.807) is 6.21 Å². The summed E-state index contributed by atoms with van der Waals surface area (Å²) in [5.41, 5.74) is 6.22. The summed E-state index contributed by atoms with van der Waals surface area (Å²) in [4.78, 5) is 20.8. The van der Waals surface area contributed by atoms with Crippen molar-refractivity contribution in [1.29, 1.82) is 0 Å². The van der Waals surface area contributed by atoms with Crippen LogP contribution in [0.4, 0.5) is 17.1 Å². The third kappa shape index (κ3) is 4.17. The lowest BCUT2D eigenvalue weighted by atomic mass is 10.1. The lowest BCUT2D eigenvalue weighted by Crippen LogP contribution is -2.00. The lowest BCUT2D eigenvalue weighted by molar-refractivity contribution is -0.393. The molecule has 1 N–H and O–H groups in total. The van der Waals surface area contributed by atoms with E-state index in [4.69, 9.17) is 0 Å². The fourth-order valence-corrected chi connectivity index (χ4v) is 3.53. The van der Waals surface area contributed by atoms with Crippen molar-refractivity contribution in [3.63, 3.8) is 0 Å². The Balaban J connectivity index is 1.63. The van der Waals surface area contributed by atoms with Crippen molar-refractivity contribution in [1.82, 2.24) is 4.57 Å². The average Bonchev–Trinajstić information content (AvgIpc) is 3.13. The highest BCUT2D eigenvalue weighted by Gasteiger charge is 2.19. The molecule has 0 aliphatic carbocycles. The van der Waals surface area contributed by atoms with Crippen LogP contribution in [0.2, 0.25) is 0 Å². The number of para-hydroxylation sites is 1. The van der Waals surface area contributed by atoms with E-state index in [-0.39, 0.29) is 11.4 Å². The molecule has 0 saturated carbocycles. The average molecular weight is 429 g/mol. The predicted molar refractivity (Wildman–Crippen MR) is 123 cm³/mol. The standard InChI is InChI=1S/C23H19N5O4/c1-16-6-2-3-7-17(16)14-26-15-18(20-8-4-5-9-22(20)26)13-24-25-21-11-10-19(27(29)30)12-23(21)28(31)32/h2-13,15,25H,14H2,1H3/b24-13-. The van der Waals surface area contributed by atoms with E-state index in [0.717, 1.165) is 22.5 Å². The Labute approximate surface area is 182 Å². The number of rotatable bonds is 7. The first kappa shape index (κ1) is 20.7. The van der Waals surface area contributed by atoms with Crippen LogP contribution in [0.5, 0.6) is 0 Å². The molecule has 9 heteroatoms. The summed E-state index contributed by atoms with van der Waals surface area (Å²) in [6.45, 7) is 2.77. The van der Waals surface area contributed by atoms with Gasteiger partial charge in [-0.25, -0.2) is 0 Å². The van der Waals surface area contributed by atoms with Gasteiger partial charge in [0.1, 0.15) is 5.69 Å². The molecular weight excluding hydrogens is 410 g/mol. The molecule has 32 heavy (non-hydrogen) atoms. The van der Waals surface area contributed by atoms with E-state index in [0.29, 0.717) is 6.54 Å². The second-order valence-electron chi connectivity index (χ2n) is 7.24. The molecule has 0 saturated heterocycles. The summed E-state index contributed by atoms with van der Waals surface area (Å²) in [6.07, 6.45) is 3.56. The van der Waals surface area contributed by atoms with Crippen molar-refractivity contribution in [2.75, 3.05) is 5.43 Å². The monoisotopic (exact) mass is 429 g/mol. The third-order valence-electron chi connectivity index (χ3n) is 5.20. The Kier molecular flexibility index (Phi) is 5.63. The number of aryl methyl sites for hydroxylation is 1. The van der Waals surface area contributed by atoms with Gasteiger partial charge >= 0.3 is 5.69 Å². The first-order valence-corrected chi connectivity index (χ1v) is 9.78. The van der Waals surface area contributed by atoms with Gasteiger partial charge in [-0.05, 0) is 30.2 Å². The largest absolute Gasteiger partial charge is 0.342 e. The molecule has 1 aromatic heterocycles. The molecule has 0 radical (unpaired) electrons. The zero-order valence-corrected chi connectivity index (χ0v) is 17.1. The zero-order chi connectivity index (χ0) is 22.7. The number of anilines is 1. The number of nitrogens with zero attached hydrogens (tertiary/aromatic N) is 4. The fourth-order valence-electron chi connectivity index (χ4n) is 3.53. The number of hydrogen-bond donors (Lipinski definition) is 1. The van der Waals surface area contributed by atoms with Gasteiger partial charge in [-0.2, -0.15) is 5.10 Å². The molecule has 0 amide bonds. The number of benzene rings is 3. The van der Waals surface area contributed by atoms with Gasteiger partial charge in [-0.15, -0.1) is 0 Å². The van der Waals surface area contributed by atoms with Gasteiger partial charge in [0.25, 0.3) is 5.69 Å². The molecule has 1 heterocycles. The van der Waals surface area contributed by atoms with Crippen LogP contribution in [0.25, 0.3) is 10.9 Å². The number of aromatic nitrogens is 1. The molecule has 0 unspecified atom stereocenters. The second-order valence-corrected chi connectivity index (χ2v) is 7.24. The molecule has 9 nitrogen and oxygen atoms in total. The van der Waals surface area contributed by atoms with Crippen molar-refractivity contribution in [2.24, 2.45) is 5.10 Å². The van der Waals surface area contributed by atoms with Crippen LogP contribution < -0.4 is 5.43 Å². The van der Waals surface area contributed by atoms with E-state index >= 15 is 0 Å². The summed E-state index contributed by atoms with van der Waals surface area (Å²) in [6, 6.07) is 19.5. The Morgan fingerprint density at radius 1 is 1.00 bits per heavy atom. The molecule has 3 aromatic carbocycles. The Bertz CT molecular complexity index is 1360. The minimum Gasteiger partial charge on any atom is -0.342 e. The van der Waals surface area contributed by atoms with Crippen molar-refractivity contribution in [3.8, 4) is 0 Å². The molecule has 0 bridgehead atoms. The molecule has 160 valence electrons. The summed E-state index contributed by atoms with van der Waals surface area (Å²) < 4.78 is 2.13. The number of fused-ring (bicyclic) bond motifs is 1. The highest BCUT2D eigenvalue weighted by Crippen LogP contribution is 2.29. The van der Waals surface area contributed by atoms with Gasteiger partial charge in [-0.3, -0.25) is 25.7 Å². The zero-order valence-electron chi connectivity index (χ0n) is 17.1. The number of nitro groups is 2. The van der Waals surface area contributed by atoms with E-state index in [9.17, 15) is 20.2 Å². The molecular formula is C23H19N5O4. The number of nitro benzene ring substituents is 2. The maximum Gasteiger partial charge on any atom is 0.301 e. The lowest BCUT2D eigenvalue weighted by Gasteiger charge is -2.08. The summed E-state index contributed by atoms with van der Waals surface area (Å²) in [7, 11) is 0. The van der Waals surface area contributed by atoms with E-state index < -0.39 is 15.5 Å². The molecule has 4 rings (SSSR count). The highest BCUT2D eigenvalue weighted by atomic mass is 16.6. The number of hydrazone groups is 1. The molecule has 0 aliphatic heterocycles. The van der Waals surface area contributed by atoms with Gasteiger partial charge in [0, 0.05) is 35.3 Å². The number of non-ortho nitro benzene ring substituents is 1. The predicted octanol–water partition coefficient (Wildman–Crippen LogP) is 5.26. The van der Waals surface area contributed by atoms with E-state index in [1.165, 1.54) is 23.3 Å². The van der Waals surface area contributed by atoms with Crippen LogP contribution in [0.15, 0.2) is 78.0 Å². The summed E-state index contributed by atoms with van der Waals surface area (Å²) in [5.74, 6) is 0.